The van der Waals surface area contributed by atoms with Crippen LogP contribution in [0.3, 0.4) is 0 Å². The molecule has 0 spiro atoms. The molecular formula is C21H37N3O3Si2. The van der Waals surface area contributed by atoms with Gasteiger partial charge in [0.15, 0.2) is 14.6 Å². The van der Waals surface area contributed by atoms with Gasteiger partial charge in [0.25, 0.3) is 0 Å². The van der Waals surface area contributed by atoms with Gasteiger partial charge in [0, 0.05) is 20.1 Å². The standard InChI is InChI=1S/C21H37N3O3Si2/c1-16-18(13-25)20-17(12-22-24(20)15-26-10-11-28(5,6)7)19(23-16)14-27-29(8,9)21(2,3)4/h12-13H,10-11,14-15H2,1-9H3. The molecule has 0 aliphatic heterocycles. The van der Waals surface area contributed by atoms with E-state index in [4.69, 9.17) is 9.16 Å². The fourth-order valence-corrected chi connectivity index (χ4v) is 4.41. The van der Waals surface area contributed by atoms with Crippen molar-refractivity contribution in [3.05, 3.63) is 23.1 Å². The average Bonchev–Trinajstić information content (AvgIpc) is 2.99. The molecule has 0 aromatic carbocycles. The van der Waals surface area contributed by atoms with Crippen molar-refractivity contribution >= 4 is 33.6 Å². The summed E-state index contributed by atoms with van der Waals surface area (Å²) in [5, 5.41) is 5.48. The third kappa shape index (κ3) is 5.84. The molecule has 0 amide bonds. The van der Waals surface area contributed by atoms with Gasteiger partial charge < -0.3 is 9.16 Å². The van der Waals surface area contributed by atoms with E-state index >= 15 is 0 Å². The van der Waals surface area contributed by atoms with Crippen LogP contribution >= 0.6 is 0 Å². The Balaban J connectivity index is 2.30. The molecule has 162 valence electrons. The van der Waals surface area contributed by atoms with Gasteiger partial charge in [-0.25, -0.2) is 4.68 Å². The monoisotopic (exact) mass is 435 g/mol. The molecule has 0 aliphatic carbocycles. The summed E-state index contributed by atoms with van der Waals surface area (Å²) in [5.74, 6) is 0. The van der Waals surface area contributed by atoms with Gasteiger partial charge in [0.2, 0.25) is 0 Å². The minimum absolute atomic E-state index is 0.123. The van der Waals surface area contributed by atoms with E-state index in [2.05, 4.69) is 63.6 Å². The third-order valence-corrected chi connectivity index (χ3v) is 12.0. The number of aldehydes is 1. The molecule has 0 fully saturated rings. The lowest BCUT2D eigenvalue weighted by Gasteiger charge is -2.36. The van der Waals surface area contributed by atoms with Gasteiger partial charge in [-0.1, -0.05) is 40.4 Å². The first-order valence-electron chi connectivity index (χ1n) is 10.3. The summed E-state index contributed by atoms with van der Waals surface area (Å²) in [6.45, 7) is 21.4. The first-order valence-corrected chi connectivity index (χ1v) is 16.9. The zero-order valence-corrected chi connectivity index (χ0v) is 21.5. The molecule has 2 rings (SSSR count). The van der Waals surface area contributed by atoms with Crippen LogP contribution in [0.2, 0.25) is 43.8 Å². The fraction of sp³-hybridized carbons (Fsp3) is 0.667. The van der Waals surface area contributed by atoms with Crippen molar-refractivity contribution in [2.75, 3.05) is 6.61 Å². The second-order valence-corrected chi connectivity index (χ2v) is 20.9. The minimum Gasteiger partial charge on any atom is -0.411 e. The minimum atomic E-state index is -1.91. The predicted molar refractivity (Wildman–Crippen MR) is 124 cm³/mol. The highest BCUT2D eigenvalue weighted by Crippen LogP contribution is 2.37. The van der Waals surface area contributed by atoms with Crippen LogP contribution in [-0.4, -0.2) is 44.0 Å². The van der Waals surface area contributed by atoms with E-state index in [0.717, 1.165) is 28.9 Å². The molecular weight excluding hydrogens is 398 g/mol. The zero-order valence-electron chi connectivity index (χ0n) is 19.5. The SMILES string of the molecule is Cc1nc(CO[Si](C)(C)C(C)(C)C)c2cnn(COCC[Si](C)(C)C)c2c1C=O. The highest BCUT2D eigenvalue weighted by molar-refractivity contribution is 6.76. The molecule has 8 heteroatoms. The molecule has 0 bridgehead atoms. The molecule has 2 aromatic rings. The second-order valence-electron chi connectivity index (χ2n) is 10.5. The van der Waals surface area contributed by atoms with Crippen LogP contribution in [0.25, 0.3) is 10.9 Å². The summed E-state index contributed by atoms with van der Waals surface area (Å²) in [6.07, 6.45) is 2.64. The van der Waals surface area contributed by atoms with Gasteiger partial charge >= 0.3 is 0 Å². The van der Waals surface area contributed by atoms with Crippen molar-refractivity contribution in [3.63, 3.8) is 0 Å². The first-order chi connectivity index (χ1) is 13.3. The summed E-state index contributed by atoms with van der Waals surface area (Å²) in [6, 6.07) is 1.10. The van der Waals surface area contributed by atoms with E-state index in [1.807, 2.05) is 6.92 Å². The molecule has 0 N–H and O–H groups in total. The lowest BCUT2D eigenvalue weighted by atomic mass is 10.1. The average molecular weight is 436 g/mol. The zero-order chi connectivity index (χ0) is 22.0. The molecule has 0 unspecified atom stereocenters. The number of aromatic nitrogens is 3. The lowest BCUT2D eigenvalue weighted by molar-refractivity contribution is 0.0815. The van der Waals surface area contributed by atoms with Crippen LogP contribution in [-0.2, 0) is 22.5 Å². The Morgan fingerprint density at radius 3 is 2.38 bits per heavy atom. The van der Waals surface area contributed by atoms with Gasteiger partial charge in [-0.3, -0.25) is 9.78 Å². The Kier molecular flexibility index (Phi) is 7.25. The van der Waals surface area contributed by atoms with E-state index < -0.39 is 16.4 Å². The summed E-state index contributed by atoms with van der Waals surface area (Å²) in [7, 11) is -3.06. The molecule has 2 aromatic heterocycles. The van der Waals surface area contributed by atoms with Crippen molar-refractivity contribution in [1.29, 1.82) is 0 Å². The number of nitrogens with zero attached hydrogens (tertiary/aromatic N) is 3. The van der Waals surface area contributed by atoms with E-state index in [1.165, 1.54) is 0 Å². The number of rotatable bonds is 9. The summed E-state index contributed by atoms with van der Waals surface area (Å²) in [4.78, 5) is 16.4. The van der Waals surface area contributed by atoms with Gasteiger partial charge in [-0.15, -0.1) is 0 Å². The Hall–Kier alpha value is -1.36. The normalized spacial score (nSPS) is 13.3. The Morgan fingerprint density at radius 2 is 1.83 bits per heavy atom. The molecule has 0 aliphatic rings. The second kappa shape index (κ2) is 8.79. The largest absolute Gasteiger partial charge is 0.411 e. The number of aryl methyl sites for hydroxylation is 1. The first kappa shape index (κ1) is 23.9. The van der Waals surface area contributed by atoms with Gasteiger partial charge in [0.05, 0.1) is 35.3 Å². The number of pyridine rings is 1. The Labute approximate surface area is 177 Å². The molecule has 0 saturated carbocycles. The van der Waals surface area contributed by atoms with E-state index in [9.17, 15) is 4.79 Å². The van der Waals surface area contributed by atoms with Gasteiger partial charge in [-0.05, 0) is 31.1 Å². The molecule has 0 saturated heterocycles. The quantitative estimate of drug-likeness (QED) is 0.300. The molecule has 0 radical (unpaired) electrons. The summed E-state index contributed by atoms with van der Waals surface area (Å²) < 4.78 is 14.0. The Bertz CT molecular complexity index is 865. The lowest BCUT2D eigenvalue weighted by Crippen LogP contribution is -2.40. The number of hydrogen-bond donors (Lipinski definition) is 0. The fourth-order valence-electron chi connectivity index (χ4n) is 2.72. The van der Waals surface area contributed by atoms with E-state index in [1.54, 1.807) is 10.9 Å². The van der Waals surface area contributed by atoms with Crippen molar-refractivity contribution in [2.24, 2.45) is 0 Å². The number of hydrogen-bond acceptors (Lipinski definition) is 5. The highest BCUT2D eigenvalue weighted by atomic mass is 28.4. The van der Waals surface area contributed by atoms with Gasteiger partial charge in [-0.2, -0.15) is 5.10 Å². The molecule has 0 atom stereocenters. The topological polar surface area (TPSA) is 66.2 Å². The number of carbonyl (C=O) groups is 1. The van der Waals surface area contributed by atoms with Crippen molar-refractivity contribution in [2.45, 2.75) is 84.9 Å². The Morgan fingerprint density at radius 1 is 1.17 bits per heavy atom. The maximum absolute atomic E-state index is 11.8. The molecule has 2 heterocycles. The number of ether oxygens (including phenoxy) is 1. The van der Waals surface area contributed by atoms with E-state index in [0.29, 0.717) is 31.2 Å². The van der Waals surface area contributed by atoms with Crippen LogP contribution in [0, 0.1) is 6.92 Å². The van der Waals surface area contributed by atoms with E-state index in [-0.39, 0.29) is 5.04 Å². The maximum atomic E-state index is 11.8. The van der Waals surface area contributed by atoms with Crippen LogP contribution in [0.5, 0.6) is 0 Å². The smallest absolute Gasteiger partial charge is 0.192 e. The molecule has 29 heavy (non-hydrogen) atoms. The third-order valence-electron chi connectivity index (χ3n) is 5.80. The van der Waals surface area contributed by atoms with Crippen LogP contribution < -0.4 is 0 Å². The van der Waals surface area contributed by atoms with Crippen molar-refractivity contribution in [1.82, 2.24) is 14.8 Å². The van der Waals surface area contributed by atoms with Gasteiger partial charge in [0.1, 0.15) is 6.73 Å². The summed E-state index contributed by atoms with van der Waals surface area (Å²) in [5.41, 5.74) is 2.89. The summed E-state index contributed by atoms with van der Waals surface area (Å²) >= 11 is 0. The van der Waals surface area contributed by atoms with Crippen LogP contribution in [0.15, 0.2) is 6.20 Å². The number of fused-ring (bicyclic) bond motifs is 1. The van der Waals surface area contributed by atoms with Crippen LogP contribution in [0.1, 0.15) is 42.5 Å². The van der Waals surface area contributed by atoms with Crippen molar-refractivity contribution < 1.29 is 14.0 Å². The predicted octanol–water partition coefficient (Wildman–Crippen LogP) is 5.39. The highest BCUT2D eigenvalue weighted by Gasteiger charge is 2.37. The van der Waals surface area contributed by atoms with Crippen molar-refractivity contribution in [3.8, 4) is 0 Å². The van der Waals surface area contributed by atoms with Crippen LogP contribution in [0.4, 0.5) is 0 Å². The molecule has 6 nitrogen and oxygen atoms in total. The number of carbonyl (C=O) groups excluding carboxylic acids is 1. The maximum Gasteiger partial charge on any atom is 0.192 e.